The standard InChI is InChI=1S/C22H21F3N4O/c1-29-21(7-9-27-29)16-10-19(25)17(11-18(16)24)22(30)28-20-12-26-8-6-15(20)13-2-4-14(23)5-3-13/h2-5,7,9-11,15,20,26H,6,8,12H2,1H3,(H,28,30)/t15-,20+/m0/s1. The van der Waals surface area contributed by atoms with Crippen LogP contribution >= 0.6 is 0 Å². The molecule has 2 aromatic carbocycles. The molecule has 0 saturated carbocycles. The first-order valence-electron chi connectivity index (χ1n) is 9.68. The summed E-state index contributed by atoms with van der Waals surface area (Å²) in [4.78, 5) is 12.8. The molecule has 0 bridgehead atoms. The predicted molar refractivity (Wildman–Crippen MR) is 106 cm³/mol. The number of hydrogen-bond donors (Lipinski definition) is 2. The number of amides is 1. The SMILES string of the molecule is Cn1nccc1-c1cc(F)c(C(=O)N[C@@H]2CNCC[C@H]2c2ccc(F)cc2)cc1F. The Bertz CT molecular complexity index is 1060. The van der Waals surface area contributed by atoms with Crippen LogP contribution in [-0.2, 0) is 7.05 Å². The van der Waals surface area contributed by atoms with E-state index in [1.165, 1.54) is 23.0 Å². The molecule has 2 atom stereocenters. The molecule has 156 valence electrons. The maximum absolute atomic E-state index is 14.7. The van der Waals surface area contributed by atoms with Crippen molar-refractivity contribution in [2.75, 3.05) is 13.1 Å². The van der Waals surface area contributed by atoms with Crippen LogP contribution in [0.15, 0.2) is 48.7 Å². The third kappa shape index (κ3) is 3.95. The molecule has 1 amide bonds. The van der Waals surface area contributed by atoms with E-state index in [0.717, 1.165) is 30.7 Å². The molecule has 1 aliphatic heterocycles. The number of benzene rings is 2. The highest BCUT2D eigenvalue weighted by atomic mass is 19.1. The lowest BCUT2D eigenvalue weighted by Crippen LogP contribution is -2.50. The minimum absolute atomic E-state index is 0.0348. The molecule has 8 heteroatoms. The Balaban J connectivity index is 1.57. The summed E-state index contributed by atoms with van der Waals surface area (Å²) < 4.78 is 44.1. The second kappa shape index (κ2) is 8.31. The quantitative estimate of drug-likeness (QED) is 0.688. The molecule has 1 saturated heterocycles. The molecule has 1 fully saturated rings. The number of aryl methyl sites for hydroxylation is 1. The van der Waals surface area contributed by atoms with E-state index < -0.39 is 17.5 Å². The third-order valence-electron chi connectivity index (χ3n) is 5.49. The van der Waals surface area contributed by atoms with Gasteiger partial charge < -0.3 is 10.6 Å². The first kappa shape index (κ1) is 20.2. The van der Waals surface area contributed by atoms with Crippen molar-refractivity contribution >= 4 is 5.91 Å². The maximum Gasteiger partial charge on any atom is 0.254 e. The summed E-state index contributed by atoms with van der Waals surface area (Å²) in [6.45, 7) is 1.22. The average Bonchev–Trinajstić information content (AvgIpc) is 3.16. The van der Waals surface area contributed by atoms with Crippen LogP contribution in [0.3, 0.4) is 0 Å². The lowest BCUT2D eigenvalue weighted by Gasteiger charge is -2.33. The number of nitrogens with one attached hydrogen (secondary N) is 2. The van der Waals surface area contributed by atoms with Crippen molar-refractivity contribution in [1.29, 1.82) is 0 Å². The van der Waals surface area contributed by atoms with Crippen LogP contribution in [0.2, 0.25) is 0 Å². The number of piperidine rings is 1. The average molecular weight is 414 g/mol. The molecule has 4 rings (SSSR count). The summed E-state index contributed by atoms with van der Waals surface area (Å²) >= 11 is 0. The number of aromatic nitrogens is 2. The molecule has 0 radical (unpaired) electrons. The summed E-state index contributed by atoms with van der Waals surface area (Å²) in [5.41, 5.74) is 0.974. The van der Waals surface area contributed by atoms with Crippen molar-refractivity contribution < 1.29 is 18.0 Å². The van der Waals surface area contributed by atoms with Gasteiger partial charge in [0.15, 0.2) is 0 Å². The van der Waals surface area contributed by atoms with Gasteiger partial charge in [0.2, 0.25) is 0 Å². The zero-order chi connectivity index (χ0) is 21.3. The van der Waals surface area contributed by atoms with Gasteiger partial charge in [-0.15, -0.1) is 0 Å². The fourth-order valence-corrected chi connectivity index (χ4v) is 3.92. The van der Waals surface area contributed by atoms with Crippen LogP contribution in [0.25, 0.3) is 11.3 Å². The highest BCUT2D eigenvalue weighted by Gasteiger charge is 2.29. The van der Waals surface area contributed by atoms with Gasteiger partial charge in [-0.2, -0.15) is 5.10 Å². The molecule has 1 aliphatic rings. The molecule has 30 heavy (non-hydrogen) atoms. The van der Waals surface area contributed by atoms with E-state index in [2.05, 4.69) is 15.7 Å². The van der Waals surface area contributed by atoms with E-state index in [0.29, 0.717) is 12.2 Å². The van der Waals surface area contributed by atoms with Gasteiger partial charge in [0.25, 0.3) is 5.91 Å². The summed E-state index contributed by atoms with van der Waals surface area (Å²) in [6.07, 6.45) is 2.21. The number of carbonyl (C=O) groups is 1. The summed E-state index contributed by atoms with van der Waals surface area (Å²) in [7, 11) is 1.62. The third-order valence-corrected chi connectivity index (χ3v) is 5.49. The van der Waals surface area contributed by atoms with Crippen LogP contribution in [-0.4, -0.2) is 34.8 Å². The maximum atomic E-state index is 14.7. The molecule has 3 aromatic rings. The number of rotatable bonds is 4. The minimum Gasteiger partial charge on any atom is -0.347 e. The first-order valence-corrected chi connectivity index (χ1v) is 9.68. The summed E-state index contributed by atoms with van der Waals surface area (Å²) in [6, 6.07) is 9.29. The first-order chi connectivity index (χ1) is 14.4. The Morgan fingerprint density at radius 1 is 1.13 bits per heavy atom. The summed E-state index contributed by atoms with van der Waals surface area (Å²) in [5.74, 6) is -2.60. The Morgan fingerprint density at radius 2 is 1.90 bits per heavy atom. The van der Waals surface area contributed by atoms with E-state index in [4.69, 9.17) is 0 Å². The van der Waals surface area contributed by atoms with Crippen LogP contribution in [0, 0.1) is 17.5 Å². The van der Waals surface area contributed by atoms with Crippen LogP contribution in [0.5, 0.6) is 0 Å². The molecular weight excluding hydrogens is 393 g/mol. The van der Waals surface area contributed by atoms with Gasteiger partial charge in [-0.3, -0.25) is 9.48 Å². The van der Waals surface area contributed by atoms with Crippen LogP contribution in [0.4, 0.5) is 13.2 Å². The normalized spacial score (nSPS) is 18.9. The van der Waals surface area contributed by atoms with Gasteiger partial charge >= 0.3 is 0 Å². The van der Waals surface area contributed by atoms with Gasteiger partial charge in [-0.25, -0.2) is 13.2 Å². The largest absolute Gasteiger partial charge is 0.347 e. The van der Waals surface area contributed by atoms with E-state index >= 15 is 0 Å². The zero-order valence-corrected chi connectivity index (χ0v) is 16.3. The lowest BCUT2D eigenvalue weighted by atomic mass is 9.86. The minimum atomic E-state index is -0.813. The number of carbonyl (C=O) groups excluding carboxylic acids is 1. The van der Waals surface area contributed by atoms with Crippen LogP contribution < -0.4 is 10.6 Å². The topological polar surface area (TPSA) is 59.0 Å². The van der Waals surface area contributed by atoms with Crippen molar-refractivity contribution in [1.82, 2.24) is 20.4 Å². The Morgan fingerprint density at radius 3 is 2.60 bits per heavy atom. The molecule has 0 aliphatic carbocycles. The van der Waals surface area contributed by atoms with Crippen molar-refractivity contribution in [3.05, 3.63) is 77.2 Å². The Kier molecular flexibility index (Phi) is 5.59. The van der Waals surface area contributed by atoms with Crippen molar-refractivity contribution in [3.63, 3.8) is 0 Å². The monoisotopic (exact) mass is 414 g/mol. The molecular formula is C22H21F3N4O. The van der Waals surface area contributed by atoms with Gasteiger partial charge in [0.05, 0.1) is 11.3 Å². The van der Waals surface area contributed by atoms with Gasteiger partial charge in [0.1, 0.15) is 17.5 Å². The van der Waals surface area contributed by atoms with Gasteiger partial charge in [-0.1, -0.05) is 12.1 Å². The highest BCUT2D eigenvalue weighted by Crippen LogP contribution is 2.28. The van der Waals surface area contributed by atoms with E-state index in [9.17, 15) is 18.0 Å². The van der Waals surface area contributed by atoms with Crippen molar-refractivity contribution in [3.8, 4) is 11.3 Å². The van der Waals surface area contributed by atoms with E-state index in [-0.39, 0.29) is 28.9 Å². The summed E-state index contributed by atoms with van der Waals surface area (Å²) in [5, 5.41) is 9.97. The molecule has 0 spiro atoms. The van der Waals surface area contributed by atoms with Crippen LogP contribution in [0.1, 0.15) is 28.3 Å². The Hall–Kier alpha value is -3.13. The fourth-order valence-electron chi connectivity index (χ4n) is 3.92. The molecule has 1 aromatic heterocycles. The van der Waals surface area contributed by atoms with Crippen molar-refractivity contribution in [2.24, 2.45) is 7.05 Å². The molecule has 0 unspecified atom stereocenters. The highest BCUT2D eigenvalue weighted by molar-refractivity contribution is 5.95. The molecule has 5 nitrogen and oxygen atoms in total. The lowest BCUT2D eigenvalue weighted by molar-refractivity contribution is 0.0920. The Labute approximate surface area is 171 Å². The van der Waals surface area contributed by atoms with E-state index in [1.807, 2.05) is 0 Å². The number of hydrogen-bond acceptors (Lipinski definition) is 3. The zero-order valence-electron chi connectivity index (χ0n) is 16.3. The molecule has 2 N–H and O–H groups in total. The smallest absolute Gasteiger partial charge is 0.254 e. The fraction of sp³-hybridized carbons (Fsp3) is 0.273. The predicted octanol–water partition coefficient (Wildman–Crippen LogP) is 3.38. The molecule has 2 heterocycles. The van der Waals surface area contributed by atoms with Gasteiger partial charge in [0, 0.05) is 37.3 Å². The number of nitrogens with zero attached hydrogens (tertiary/aromatic N) is 2. The number of halogens is 3. The van der Waals surface area contributed by atoms with Gasteiger partial charge in [-0.05, 0) is 48.9 Å². The van der Waals surface area contributed by atoms with Crippen molar-refractivity contribution in [2.45, 2.75) is 18.4 Å². The second-order valence-corrected chi connectivity index (χ2v) is 7.38. The van der Waals surface area contributed by atoms with E-state index in [1.54, 1.807) is 25.2 Å². The second-order valence-electron chi connectivity index (χ2n) is 7.38.